The lowest BCUT2D eigenvalue weighted by molar-refractivity contribution is -0.142. The molecule has 0 aromatic heterocycles. The molecule has 0 saturated carbocycles. The molecule has 2 atom stereocenters. The van der Waals surface area contributed by atoms with Crippen molar-refractivity contribution in [1.82, 2.24) is 20.0 Å². The van der Waals surface area contributed by atoms with Gasteiger partial charge in [0.2, 0.25) is 0 Å². The molecule has 2 aliphatic rings. The van der Waals surface area contributed by atoms with Gasteiger partial charge in [0.05, 0.1) is 12.6 Å². The summed E-state index contributed by atoms with van der Waals surface area (Å²) in [6, 6.07) is 3.38. The highest BCUT2D eigenvalue weighted by Gasteiger charge is 2.31. The number of hydrogen-bond donors (Lipinski definition) is 1. The predicted octanol–water partition coefficient (Wildman–Crippen LogP) is 2.47. The first-order valence-corrected chi connectivity index (χ1v) is 11.0. The minimum Gasteiger partial charge on any atom is -0.368 e. The number of nitrogens with zero attached hydrogens (tertiary/aromatic N) is 4. The number of hydrogen-bond acceptors (Lipinski definition) is 4. The quantitative estimate of drug-likeness (QED) is 0.327. The van der Waals surface area contributed by atoms with Gasteiger partial charge in [0.1, 0.15) is 17.7 Å². The van der Waals surface area contributed by atoms with Crippen LogP contribution in [0.3, 0.4) is 0 Å². The van der Waals surface area contributed by atoms with Gasteiger partial charge in [-0.25, -0.2) is 8.78 Å². The highest BCUT2D eigenvalue weighted by atomic mass is 127. The number of ether oxygens (including phenoxy) is 1. The molecule has 1 aromatic carbocycles. The molecule has 7 nitrogen and oxygen atoms in total. The largest absolute Gasteiger partial charge is 0.368 e. The van der Waals surface area contributed by atoms with Crippen molar-refractivity contribution in [2.75, 3.05) is 60.0 Å². The van der Waals surface area contributed by atoms with Crippen LogP contribution in [0.15, 0.2) is 23.2 Å². The van der Waals surface area contributed by atoms with Crippen LogP contribution in [0.2, 0.25) is 0 Å². The minimum atomic E-state index is -0.569. The van der Waals surface area contributed by atoms with Gasteiger partial charge in [-0.05, 0) is 46.0 Å². The van der Waals surface area contributed by atoms with Crippen molar-refractivity contribution in [1.29, 1.82) is 0 Å². The van der Waals surface area contributed by atoms with E-state index in [-0.39, 0.29) is 48.1 Å². The van der Waals surface area contributed by atoms with Gasteiger partial charge in [-0.3, -0.25) is 9.79 Å². The van der Waals surface area contributed by atoms with Gasteiger partial charge in [-0.15, -0.1) is 24.0 Å². The Balaban J connectivity index is 0.00000363. The average molecular weight is 565 g/mol. The first kappa shape index (κ1) is 26.7. The number of aliphatic imine (C=N–C) groups is 1. The van der Waals surface area contributed by atoms with E-state index >= 15 is 0 Å². The van der Waals surface area contributed by atoms with Gasteiger partial charge in [-0.2, -0.15) is 0 Å². The van der Waals surface area contributed by atoms with Crippen LogP contribution in [0.25, 0.3) is 0 Å². The van der Waals surface area contributed by atoms with Crippen molar-refractivity contribution >= 4 is 35.8 Å². The van der Waals surface area contributed by atoms with Crippen molar-refractivity contribution in [2.45, 2.75) is 31.9 Å². The molecule has 3 rings (SSSR count). The molecule has 2 aliphatic heterocycles. The zero-order valence-electron chi connectivity index (χ0n) is 19.0. The molecule has 2 heterocycles. The van der Waals surface area contributed by atoms with E-state index in [1.807, 2.05) is 11.8 Å². The zero-order valence-corrected chi connectivity index (χ0v) is 21.4. The second kappa shape index (κ2) is 12.6. The lowest BCUT2D eigenvalue weighted by Gasteiger charge is -2.37. The van der Waals surface area contributed by atoms with Gasteiger partial charge >= 0.3 is 0 Å². The molecule has 2 unspecified atom stereocenters. The molecule has 0 radical (unpaired) electrons. The standard InChI is InChI=1S/C22H33F2N5O2.HI/c1-4-25-22(26-15-18(27(2)3)20-16(23)7-5-8-17(20)24)29-12-10-28(11-13-29)21(30)19-9-6-14-31-19;/h5,7-8,18-19H,4,6,9-15H2,1-3H3,(H,25,26);1H. The van der Waals surface area contributed by atoms with Gasteiger partial charge in [0.15, 0.2) is 5.96 Å². The van der Waals surface area contributed by atoms with Crippen LogP contribution < -0.4 is 5.32 Å². The number of benzene rings is 1. The van der Waals surface area contributed by atoms with E-state index in [9.17, 15) is 13.6 Å². The van der Waals surface area contributed by atoms with E-state index in [0.29, 0.717) is 45.3 Å². The van der Waals surface area contributed by atoms with Crippen LogP contribution in [0.5, 0.6) is 0 Å². The van der Waals surface area contributed by atoms with Crippen molar-refractivity contribution in [3.8, 4) is 0 Å². The van der Waals surface area contributed by atoms with Crippen molar-refractivity contribution < 1.29 is 18.3 Å². The third-order valence-electron chi connectivity index (χ3n) is 5.80. The summed E-state index contributed by atoms with van der Waals surface area (Å²) in [5.74, 6) is -0.377. The highest BCUT2D eigenvalue weighted by Crippen LogP contribution is 2.25. The molecule has 2 fully saturated rings. The number of piperazine rings is 1. The Labute approximate surface area is 206 Å². The Morgan fingerprint density at radius 2 is 1.84 bits per heavy atom. The number of rotatable bonds is 6. The number of nitrogens with one attached hydrogen (secondary N) is 1. The van der Waals surface area contributed by atoms with Crippen LogP contribution in [0, 0.1) is 11.6 Å². The molecule has 1 N–H and O–H groups in total. The molecule has 10 heteroatoms. The molecule has 1 amide bonds. The minimum absolute atomic E-state index is 0. The van der Waals surface area contributed by atoms with E-state index in [1.54, 1.807) is 19.0 Å². The van der Waals surface area contributed by atoms with Gasteiger partial charge in [0.25, 0.3) is 5.91 Å². The predicted molar refractivity (Wildman–Crippen MR) is 131 cm³/mol. The number of guanidine groups is 1. The number of amides is 1. The SMILES string of the molecule is CCNC(=NCC(c1c(F)cccc1F)N(C)C)N1CCN(C(=O)C2CCCO2)CC1.I. The summed E-state index contributed by atoms with van der Waals surface area (Å²) in [7, 11) is 3.57. The summed E-state index contributed by atoms with van der Waals surface area (Å²) in [4.78, 5) is 23.0. The first-order valence-electron chi connectivity index (χ1n) is 11.0. The number of likely N-dealkylation sites (N-methyl/N-ethyl adjacent to an activating group) is 1. The molecular weight excluding hydrogens is 531 g/mol. The Morgan fingerprint density at radius 1 is 1.22 bits per heavy atom. The summed E-state index contributed by atoms with van der Waals surface area (Å²) in [6.07, 6.45) is 1.43. The lowest BCUT2D eigenvalue weighted by atomic mass is 10.0. The third-order valence-corrected chi connectivity index (χ3v) is 5.80. The topological polar surface area (TPSA) is 60.4 Å². The molecule has 2 saturated heterocycles. The Hall–Kier alpha value is -1.53. The van der Waals surface area contributed by atoms with E-state index < -0.39 is 17.7 Å². The Morgan fingerprint density at radius 3 is 2.38 bits per heavy atom. The fraction of sp³-hybridized carbons (Fsp3) is 0.636. The average Bonchev–Trinajstić information content (AvgIpc) is 3.29. The maximum atomic E-state index is 14.3. The molecular formula is C22H34F2IN5O2. The summed E-state index contributed by atoms with van der Waals surface area (Å²) < 4.78 is 34.2. The molecule has 0 bridgehead atoms. The van der Waals surface area contributed by atoms with Crippen molar-refractivity contribution in [3.63, 3.8) is 0 Å². The van der Waals surface area contributed by atoms with Crippen LogP contribution >= 0.6 is 24.0 Å². The molecule has 32 heavy (non-hydrogen) atoms. The summed E-state index contributed by atoms with van der Waals surface area (Å²) in [5, 5.41) is 3.27. The maximum absolute atomic E-state index is 14.3. The number of carbonyl (C=O) groups is 1. The van der Waals surface area contributed by atoms with E-state index in [2.05, 4.69) is 10.2 Å². The lowest BCUT2D eigenvalue weighted by Crippen LogP contribution is -2.55. The summed E-state index contributed by atoms with van der Waals surface area (Å²) in [5.41, 5.74) is 0.0269. The van der Waals surface area contributed by atoms with Crippen LogP contribution in [0.1, 0.15) is 31.4 Å². The Kier molecular flexibility index (Phi) is 10.6. The van der Waals surface area contributed by atoms with Gasteiger partial charge in [-0.1, -0.05) is 6.07 Å². The van der Waals surface area contributed by atoms with E-state index in [4.69, 9.17) is 9.73 Å². The monoisotopic (exact) mass is 565 g/mol. The number of halogens is 3. The molecule has 0 aliphatic carbocycles. The zero-order chi connectivity index (χ0) is 22.4. The van der Waals surface area contributed by atoms with Crippen LogP contribution in [0.4, 0.5) is 8.78 Å². The van der Waals surface area contributed by atoms with Gasteiger partial charge in [0, 0.05) is 44.9 Å². The third kappa shape index (κ3) is 6.50. The number of carbonyl (C=O) groups excluding carboxylic acids is 1. The molecule has 1 aromatic rings. The van der Waals surface area contributed by atoms with Crippen molar-refractivity contribution in [3.05, 3.63) is 35.4 Å². The smallest absolute Gasteiger partial charge is 0.251 e. The van der Waals surface area contributed by atoms with Gasteiger partial charge < -0.3 is 24.8 Å². The van der Waals surface area contributed by atoms with Crippen LogP contribution in [-0.2, 0) is 9.53 Å². The fourth-order valence-corrected chi connectivity index (χ4v) is 4.06. The maximum Gasteiger partial charge on any atom is 0.251 e. The van der Waals surface area contributed by atoms with Crippen molar-refractivity contribution in [2.24, 2.45) is 4.99 Å². The van der Waals surface area contributed by atoms with Crippen LogP contribution in [-0.4, -0.2) is 92.6 Å². The highest BCUT2D eigenvalue weighted by molar-refractivity contribution is 14.0. The molecule has 180 valence electrons. The van der Waals surface area contributed by atoms with E-state index in [1.165, 1.54) is 18.2 Å². The fourth-order valence-electron chi connectivity index (χ4n) is 4.06. The second-order valence-electron chi connectivity index (χ2n) is 8.12. The normalized spacial score (nSPS) is 20.3. The first-order chi connectivity index (χ1) is 14.9. The summed E-state index contributed by atoms with van der Waals surface area (Å²) >= 11 is 0. The second-order valence-corrected chi connectivity index (χ2v) is 8.12. The summed E-state index contributed by atoms with van der Waals surface area (Å²) in [6.45, 7) is 6.01. The molecule has 0 spiro atoms. The Bertz CT molecular complexity index is 761. The van der Waals surface area contributed by atoms with E-state index in [0.717, 1.165) is 12.8 Å².